The number of hydrogen-bond acceptors (Lipinski definition) is 5. The molecule has 1 heterocycles. The van der Waals surface area contributed by atoms with E-state index in [0.29, 0.717) is 17.7 Å². The monoisotopic (exact) mass is 358 g/mol. The first-order valence-electron chi connectivity index (χ1n) is 8.20. The largest absolute Gasteiger partial charge is 0.481 e. The van der Waals surface area contributed by atoms with Crippen LogP contribution >= 0.6 is 0 Å². The van der Waals surface area contributed by atoms with E-state index in [9.17, 15) is 19.7 Å². The van der Waals surface area contributed by atoms with Crippen molar-refractivity contribution in [1.29, 1.82) is 0 Å². The molecule has 1 aromatic heterocycles. The highest BCUT2D eigenvalue weighted by Crippen LogP contribution is 2.32. The number of carbonyl (C=O) groups is 2. The molecule has 0 saturated heterocycles. The molecule has 0 aliphatic heterocycles. The second kappa shape index (κ2) is 6.99. The van der Waals surface area contributed by atoms with Crippen LogP contribution < -0.4 is 0 Å². The Kier molecular flexibility index (Phi) is 4.75. The van der Waals surface area contributed by atoms with Crippen LogP contribution in [-0.4, -0.2) is 32.8 Å². The summed E-state index contributed by atoms with van der Waals surface area (Å²) in [4.78, 5) is 36.0. The van der Waals surface area contributed by atoms with Crippen LogP contribution in [0.1, 0.15) is 40.1 Å². The van der Waals surface area contributed by atoms with Gasteiger partial charge in [-0.2, -0.15) is 0 Å². The number of nitro groups is 1. The van der Waals surface area contributed by atoms with Gasteiger partial charge in [0.05, 0.1) is 16.7 Å². The molecule has 26 heavy (non-hydrogen) atoms. The van der Waals surface area contributed by atoms with Gasteiger partial charge in [0.15, 0.2) is 0 Å². The van der Waals surface area contributed by atoms with Crippen molar-refractivity contribution in [3.05, 3.63) is 63.1 Å². The maximum Gasteiger partial charge on any atom is 0.311 e. The number of non-ortho nitro benzene ring substituents is 1. The Morgan fingerprint density at radius 3 is 2.50 bits per heavy atom. The standard InChI is InChI=1S/C18H18N2O6/c1-11-10-26-15(8-16(21)22)17(11)18(23)19(13-6-7-13)9-12-2-4-14(5-3-12)20(24)25/h2-5,10,13H,6-9H2,1H3,(H,21,22). The minimum Gasteiger partial charge on any atom is -0.481 e. The van der Waals surface area contributed by atoms with Gasteiger partial charge in [-0.15, -0.1) is 0 Å². The molecule has 8 heteroatoms. The molecule has 0 spiro atoms. The number of nitrogens with zero attached hydrogens (tertiary/aromatic N) is 2. The second-order valence-electron chi connectivity index (χ2n) is 6.38. The SMILES string of the molecule is Cc1coc(CC(=O)O)c1C(=O)N(Cc1ccc([N+](=O)[O-])cc1)C1CC1. The molecule has 0 unspecified atom stereocenters. The van der Waals surface area contributed by atoms with E-state index in [-0.39, 0.29) is 29.8 Å². The number of amides is 1. The van der Waals surface area contributed by atoms with Crippen molar-refractivity contribution in [2.24, 2.45) is 0 Å². The molecule has 1 fully saturated rings. The van der Waals surface area contributed by atoms with E-state index in [0.717, 1.165) is 18.4 Å². The maximum absolute atomic E-state index is 13.1. The molecule has 0 bridgehead atoms. The van der Waals surface area contributed by atoms with E-state index >= 15 is 0 Å². The highest BCUT2D eigenvalue weighted by Gasteiger charge is 2.35. The summed E-state index contributed by atoms with van der Waals surface area (Å²) in [5, 5.41) is 19.8. The Bertz CT molecular complexity index is 851. The average molecular weight is 358 g/mol. The van der Waals surface area contributed by atoms with Gasteiger partial charge in [0, 0.05) is 30.3 Å². The minimum absolute atomic E-state index is 0.00697. The van der Waals surface area contributed by atoms with Crippen LogP contribution in [0.3, 0.4) is 0 Å². The molecule has 136 valence electrons. The van der Waals surface area contributed by atoms with Crippen molar-refractivity contribution in [2.75, 3.05) is 0 Å². The van der Waals surface area contributed by atoms with Gasteiger partial charge in [-0.3, -0.25) is 19.7 Å². The number of carboxylic acids is 1. The fraction of sp³-hybridized carbons (Fsp3) is 0.333. The van der Waals surface area contributed by atoms with Gasteiger partial charge in [0.1, 0.15) is 12.2 Å². The highest BCUT2D eigenvalue weighted by atomic mass is 16.6. The minimum atomic E-state index is -1.07. The fourth-order valence-electron chi connectivity index (χ4n) is 2.87. The van der Waals surface area contributed by atoms with Crippen LogP contribution in [0.5, 0.6) is 0 Å². The zero-order valence-electron chi connectivity index (χ0n) is 14.2. The molecule has 0 radical (unpaired) electrons. The topological polar surface area (TPSA) is 114 Å². The number of benzene rings is 1. The fourth-order valence-corrected chi connectivity index (χ4v) is 2.87. The first-order valence-corrected chi connectivity index (χ1v) is 8.20. The summed E-state index contributed by atoms with van der Waals surface area (Å²) in [6.45, 7) is 2.01. The van der Waals surface area contributed by atoms with Gasteiger partial charge >= 0.3 is 5.97 Å². The third-order valence-corrected chi connectivity index (χ3v) is 4.33. The Morgan fingerprint density at radius 2 is 1.96 bits per heavy atom. The van der Waals surface area contributed by atoms with E-state index in [2.05, 4.69) is 0 Å². The highest BCUT2D eigenvalue weighted by molar-refractivity contribution is 5.97. The second-order valence-corrected chi connectivity index (χ2v) is 6.38. The molecule has 8 nitrogen and oxygen atoms in total. The number of carbonyl (C=O) groups excluding carboxylic acids is 1. The van der Waals surface area contributed by atoms with Crippen molar-refractivity contribution in [1.82, 2.24) is 4.90 Å². The van der Waals surface area contributed by atoms with Gasteiger partial charge in [0.25, 0.3) is 11.6 Å². The molecule has 1 aliphatic rings. The molecule has 1 N–H and O–H groups in total. The van der Waals surface area contributed by atoms with Crippen molar-refractivity contribution in [3.8, 4) is 0 Å². The summed E-state index contributed by atoms with van der Waals surface area (Å²) < 4.78 is 5.27. The van der Waals surface area contributed by atoms with Crippen LogP contribution in [0, 0.1) is 17.0 Å². The first-order chi connectivity index (χ1) is 12.4. The van der Waals surface area contributed by atoms with Gasteiger partial charge in [-0.1, -0.05) is 12.1 Å². The van der Waals surface area contributed by atoms with Gasteiger partial charge in [-0.25, -0.2) is 0 Å². The molecule has 1 amide bonds. The molecule has 2 aromatic rings. The normalized spacial score (nSPS) is 13.4. The van der Waals surface area contributed by atoms with Gasteiger partial charge in [0.2, 0.25) is 0 Å². The third-order valence-electron chi connectivity index (χ3n) is 4.33. The predicted octanol–water partition coefficient (Wildman–Crippen LogP) is 2.93. The lowest BCUT2D eigenvalue weighted by Gasteiger charge is -2.23. The lowest BCUT2D eigenvalue weighted by molar-refractivity contribution is -0.384. The van der Waals surface area contributed by atoms with Gasteiger partial charge in [-0.05, 0) is 25.3 Å². The lowest BCUT2D eigenvalue weighted by atomic mass is 10.1. The zero-order valence-corrected chi connectivity index (χ0v) is 14.2. The van der Waals surface area contributed by atoms with Crippen molar-refractivity contribution < 1.29 is 24.0 Å². The molecular formula is C18H18N2O6. The summed E-state index contributed by atoms with van der Waals surface area (Å²) in [6, 6.07) is 6.15. The summed E-state index contributed by atoms with van der Waals surface area (Å²) in [5.74, 6) is -1.19. The predicted molar refractivity (Wildman–Crippen MR) is 90.8 cm³/mol. The van der Waals surface area contributed by atoms with Crippen molar-refractivity contribution >= 4 is 17.6 Å². The quantitative estimate of drug-likeness (QED) is 0.601. The Hall–Kier alpha value is -3.16. The van der Waals surface area contributed by atoms with E-state index in [4.69, 9.17) is 9.52 Å². The lowest BCUT2D eigenvalue weighted by Crippen LogP contribution is -2.33. The number of hydrogen-bond donors (Lipinski definition) is 1. The smallest absolute Gasteiger partial charge is 0.311 e. The summed E-state index contributed by atoms with van der Waals surface area (Å²) in [5.41, 5.74) is 1.66. The summed E-state index contributed by atoms with van der Waals surface area (Å²) in [6.07, 6.45) is 2.79. The number of aryl methyl sites for hydroxylation is 1. The Morgan fingerprint density at radius 1 is 1.31 bits per heavy atom. The van der Waals surface area contributed by atoms with E-state index in [1.807, 2.05) is 0 Å². The molecule has 0 atom stereocenters. The van der Waals surface area contributed by atoms with E-state index in [1.54, 1.807) is 24.0 Å². The number of furan rings is 1. The van der Waals surface area contributed by atoms with Gasteiger partial charge < -0.3 is 14.4 Å². The molecule has 3 rings (SSSR count). The molecule has 1 aromatic carbocycles. The Balaban J connectivity index is 1.84. The van der Waals surface area contributed by atoms with Crippen LogP contribution in [-0.2, 0) is 17.8 Å². The summed E-state index contributed by atoms with van der Waals surface area (Å²) >= 11 is 0. The van der Waals surface area contributed by atoms with E-state index in [1.165, 1.54) is 18.4 Å². The summed E-state index contributed by atoms with van der Waals surface area (Å²) in [7, 11) is 0. The van der Waals surface area contributed by atoms with Crippen molar-refractivity contribution in [3.63, 3.8) is 0 Å². The first kappa shape index (κ1) is 17.7. The maximum atomic E-state index is 13.1. The average Bonchev–Trinajstić information content (AvgIpc) is 3.36. The number of carboxylic acid groups (broad SMARTS) is 1. The van der Waals surface area contributed by atoms with Crippen molar-refractivity contribution in [2.45, 2.75) is 38.8 Å². The van der Waals surface area contributed by atoms with Crippen LogP contribution in [0.15, 0.2) is 34.9 Å². The number of aliphatic carboxylic acids is 1. The Labute approximate surface area is 149 Å². The molecule has 1 aliphatic carbocycles. The zero-order chi connectivity index (χ0) is 18.8. The number of rotatable bonds is 7. The van der Waals surface area contributed by atoms with E-state index < -0.39 is 10.9 Å². The van der Waals surface area contributed by atoms with Crippen LogP contribution in [0.25, 0.3) is 0 Å². The molecular weight excluding hydrogens is 340 g/mol. The molecule has 1 saturated carbocycles. The number of nitro benzene ring substituents is 1. The van der Waals surface area contributed by atoms with Crippen LogP contribution in [0.4, 0.5) is 5.69 Å². The third kappa shape index (κ3) is 3.74. The van der Waals surface area contributed by atoms with Crippen LogP contribution in [0.2, 0.25) is 0 Å².